The van der Waals surface area contributed by atoms with Gasteiger partial charge in [-0.25, -0.2) is 4.79 Å². The van der Waals surface area contributed by atoms with Gasteiger partial charge >= 0.3 is 5.97 Å². The molecule has 1 aromatic rings. The monoisotopic (exact) mass is 240 g/mol. The van der Waals surface area contributed by atoms with E-state index in [1.807, 2.05) is 0 Å². The van der Waals surface area contributed by atoms with Crippen molar-refractivity contribution in [2.45, 2.75) is 13.0 Å². The van der Waals surface area contributed by atoms with Crippen LogP contribution in [0.2, 0.25) is 0 Å². The highest BCUT2D eigenvalue weighted by atomic mass is 16.6. The number of carboxylic acids is 1. The van der Waals surface area contributed by atoms with Crippen LogP contribution in [0.25, 0.3) is 0 Å². The number of nitrogens with one attached hydrogen (secondary N) is 1. The van der Waals surface area contributed by atoms with Crippen LogP contribution in [0, 0.1) is 10.1 Å². The molecule has 0 heterocycles. The van der Waals surface area contributed by atoms with Crippen molar-refractivity contribution >= 4 is 17.3 Å². The molecule has 92 valence electrons. The van der Waals surface area contributed by atoms with Crippen LogP contribution in [-0.2, 0) is 0 Å². The SMILES string of the molecule is CC(CO)Nc1cc(C(=O)O)ccc1[N+](=O)[O-]. The van der Waals surface area contributed by atoms with Gasteiger partial charge in [-0.2, -0.15) is 0 Å². The molecular formula is C10H12N2O5. The lowest BCUT2D eigenvalue weighted by atomic mass is 10.1. The molecule has 0 aliphatic rings. The Labute approximate surface area is 96.8 Å². The molecule has 0 amide bonds. The maximum Gasteiger partial charge on any atom is 0.335 e. The van der Waals surface area contributed by atoms with E-state index in [2.05, 4.69) is 5.32 Å². The van der Waals surface area contributed by atoms with Crippen LogP contribution in [0.15, 0.2) is 18.2 Å². The van der Waals surface area contributed by atoms with Crippen LogP contribution in [0.4, 0.5) is 11.4 Å². The molecule has 0 aliphatic heterocycles. The lowest BCUT2D eigenvalue weighted by Crippen LogP contribution is -2.20. The van der Waals surface area contributed by atoms with Gasteiger partial charge in [0.25, 0.3) is 5.69 Å². The standard InChI is InChI=1S/C10H12N2O5/c1-6(5-13)11-8-4-7(10(14)15)2-3-9(8)12(16)17/h2-4,6,11,13H,5H2,1H3,(H,14,15). The zero-order valence-corrected chi connectivity index (χ0v) is 9.08. The van der Waals surface area contributed by atoms with Gasteiger partial charge in [-0.1, -0.05) is 0 Å². The van der Waals surface area contributed by atoms with E-state index in [0.717, 1.165) is 12.1 Å². The molecule has 1 aromatic carbocycles. The van der Waals surface area contributed by atoms with E-state index in [-0.39, 0.29) is 23.5 Å². The summed E-state index contributed by atoms with van der Waals surface area (Å²) in [5.74, 6) is -1.17. The van der Waals surface area contributed by atoms with E-state index >= 15 is 0 Å². The average Bonchev–Trinajstić information content (AvgIpc) is 2.28. The number of carbonyl (C=O) groups is 1. The number of anilines is 1. The van der Waals surface area contributed by atoms with Gasteiger partial charge in [0.05, 0.1) is 17.1 Å². The first-order chi connectivity index (χ1) is 7.95. The van der Waals surface area contributed by atoms with Crippen LogP contribution in [0.1, 0.15) is 17.3 Å². The molecule has 7 nitrogen and oxygen atoms in total. The third-order valence-corrected chi connectivity index (χ3v) is 2.12. The van der Waals surface area contributed by atoms with Crippen molar-refractivity contribution in [1.82, 2.24) is 0 Å². The van der Waals surface area contributed by atoms with E-state index in [4.69, 9.17) is 10.2 Å². The second-order valence-corrected chi connectivity index (χ2v) is 3.52. The number of hydrogen-bond donors (Lipinski definition) is 3. The summed E-state index contributed by atoms with van der Waals surface area (Å²) in [7, 11) is 0. The predicted molar refractivity (Wildman–Crippen MR) is 60.2 cm³/mol. The molecule has 1 atom stereocenters. The Bertz CT molecular complexity index is 446. The van der Waals surface area contributed by atoms with E-state index < -0.39 is 16.9 Å². The molecule has 3 N–H and O–H groups in total. The highest BCUT2D eigenvalue weighted by molar-refractivity contribution is 5.90. The van der Waals surface area contributed by atoms with Crippen molar-refractivity contribution in [2.24, 2.45) is 0 Å². The lowest BCUT2D eigenvalue weighted by Gasteiger charge is -2.12. The average molecular weight is 240 g/mol. The molecule has 7 heteroatoms. The summed E-state index contributed by atoms with van der Waals surface area (Å²) in [4.78, 5) is 20.9. The molecule has 0 radical (unpaired) electrons. The summed E-state index contributed by atoms with van der Waals surface area (Å²) in [5.41, 5.74) is -0.199. The number of hydrogen-bond acceptors (Lipinski definition) is 5. The summed E-state index contributed by atoms with van der Waals surface area (Å²) in [6, 6.07) is 3.05. The third kappa shape index (κ3) is 3.15. The first-order valence-electron chi connectivity index (χ1n) is 4.85. The first-order valence-corrected chi connectivity index (χ1v) is 4.85. The van der Waals surface area contributed by atoms with Gasteiger partial charge in [-0.3, -0.25) is 10.1 Å². The summed E-state index contributed by atoms with van der Waals surface area (Å²) >= 11 is 0. The maximum atomic E-state index is 10.7. The Hall–Kier alpha value is -2.15. The maximum absolute atomic E-state index is 10.7. The van der Waals surface area contributed by atoms with Gasteiger partial charge in [0.15, 0.2) is 0 Å². The molecular weight excluding hydrogens is 228 g/mol. The molecule has 17 heavy (non-hydrogen) atoms. The highest BCUT2D eigenvalue weighted by Crippen LogP contribution is 2.26. The third-order valence-electron chi connectivity index (χ3n) is 2.12. The van der Waals surface area contributed by atoms with Crippen molar-refractivity contribution in [3.8, 4) is 0 Å². The number of benzene rings is 1. The number of nitro benzene ring substituents is 1. The van der Waals surface area contributed by atoms with Crippen LogP contribution < -0.4 is 5.32 Å². The molecule has 1 unspecified atom stereocenters. The Kier molecular flexibility index (Phi) is 4.00. The molecule has 0 aliphatic carbocycles. The number of carboxylic acid groups (broad SMARTS) is 1. The van der Waals surface area contributed by atoms with E-state index in [9.17, 15) is 14.9 Å². The lowest BCUT2D eigenvalue weighted by molar-refractivity contribution is -0.384. The van der Waals surface area contributed by atoms with Crippen LogP contribution in [-0.4, -0.2) is 33.8 Å². The molecule has 0 fully saturated rings. The fourth-order valence-electron chi connectivity index (χ4n) is 1.25. The van der Waals surface area contributed by atoms with Crippen molar-refractivity contribution in [1.29, 1.82) is 0 Å². The summed E-state index contributed by atoms with van der Waals surface area (Å²) in [6.07, 6.45) is 0. The normalized spacial score (nSPS) is 11.9. The number of nitrogens with zero attached hydrogens (tertiary/aromatic N) is 1. The van der Waals surface area contributed by atoms with E-state index in [1.165, 1.54) is 6.07 Å². The number of aliphatic hydroxyl groups is 1. The predicted octanol–water partition coefficient (Wildman–Crippen LogP) is 1.09. The topological polar surface area (TPSA) is 113 Å². The molecule has 1 rings (SSSR count). The molecule has 0 saturated heterocycles. The van der Waals surface area contributed by atoms with E-state index in [0.29, 0.717) is 0 Å². The Morgan fingerprint density at radius 2 is 2.24 bits per heavy atom. The summed E-state index contributed by atoms with van der Waals surface area (Å²) < 4.78 is 0. The zero-order valence-electron chi connectivity index (χ0n) is 9.08. The number of nitro groups is 1. The second-order valence-electron chi connectivity index (χ2n) is 3.52. The smallest absolute Gasteiger partial charge is 0.335 e. The minimum Gasteiger partial charge on any atom is -0.478 e. The van der Waals surface area contributed by atoms with Crippen molar-refractivity contribution in [2.75, 3.05) is 11.9 Å². The largest absolute Gasteiger partial charge is 0.478 e. The molecule has 0 aromatic heterocycles. The Morgan fingerprint density at radius 1 is 1.59 bits per heavy atom. The van der Waals surface area contributed by atoms with Gasteiger partial charge in [-0.05, 0) is 19.1 Å². The quantitative estimate of drug-likeness (QED) is 0.524. The second kappa shape index (κ2) is 5.26. The first kappa shape index (κ1) is 12.9. The minimum absolute atomic E-state index is 0.0526. The van der Waals surface area contributed by atoms with Crippen LogP contribution >= 0.6 is 0 Å². The summed E-state index contributed by atoms with van der Waals surface area (Å²) in [5, 5.41) is 31.0. The molecule has 0 spiro atoms. The van der Waals surface area contributed by atoms with Crippen LogP contribution in [0.3, 0.4) is 0 Å². The Morgan fingerprint density at radius 3 is 2.71 bits per heavy atom. The fourth-order valence-corrected chi connectivity index (χ4v) is 1.25. The van der Waals surface area contributed by atoms with Crippen LogP contribution in [0.5, 0.6) is 0 Å². The number of rotatable bonds is 5. The van der Waals surface area contributed by atoms with Crippen molar-refractivity contribution in [3.05, 3.63) is 33.9 Å². The molecule has 0 saturated carbocycles. The minimum atomic E-state index is -1.17. The van der Waals surface area contributed by atoms with Gasteiger partial charge < -0.3 is 15.5 Å². The van der Waals surface area contributed by atoms with Crippen molar-refractivity contribution < 1.29 is 19.9 Å². The van der Waals surface area contributed by atoms with Gasteiger partial charge in [0.2, 0.25) is 0 Å². The Balaban J connectivity index is 3.15. The van der Waals surface area contributed by atoms with Gasteiger partial charge in [0, 0.05) is 12.1 Å². The molecule has 0 bridgehead atoms. The summed E-state index contributed by atoms with van der Waals surface area (Å²) in [6.45, 7) is 1.41. The van der Waals surface area contributed by atoms with E-state index in [1.54, 1.807) is 6.92 Å². The number of aromatic carboxylic acids is 1. The van der Waals surface area contributed by atoms with Gasteiger partial charge in [0.1, 0.15) is 5.69 Å². The number of aliphatic hydroxyl groups excluding tert-OH is 1. The fraction of sp³-hybridized carbons (Fsp3) is 0.300. The van der Waals surface area contributed by atoms with Crippen molar-refractivity contribution in [3.63, 3.8) is 0 Å². The highest BCUT2D eigenvalue weighted by Gasteiger charge is 2.17. The van der Waals surface area contributed by atoms with Gasteiger partial charge in [-0.15, -0.1) is 0 Å². The zero-order chi connectivity index (χ0) is 13.0.